The molecule has 1 heterocycles. The van der Waals surface area contributed by atoms with E-state index in [1.807, 2.05) is 0 Å². The molecule has 0 aliphatic carbocycles. The Morgan fingerprint density at radius 1 is 1.86 bits per heavy atom. The first-order valence-corrected chi connectivity index (χ1v) is 2.06. The van der Waals surface area contributed by atoms with Crippen LogP contribution in [0.5, 0.6) is 0 Å². The molecule has 0 atom stereocenters. The predicted octanol–water partition coefficient (Wildman–Crippen LogP) is -1.53. The van der Waals surface area contributed by atoms with Crippen LogP contribution in [0.2, 0.25) is 0 Å². The third-order valence-corrected chi connectivity index (χ3v) is 0.769. The van der Waals surface area contributed by atoms with Gasteiger partial charge in [0.25, 0.3) is 5.91 Å². The van der Waals surface area contributed by atoms with Gasteiger partial charge in [-0.25, -0.2) is 5.43 Å². The van der Waals surface area contributed by atoms with Crippen molar-refractivity contribution in [2.24, 2.45) is 0 Å². The van der Waals surface area contributed by atoms with E-state index in [-0.39, 0.29) is 5.91 Å². The summed E-state index contributed by atoms with van der Waals surface area (Å²) in [5.41, 5.74) is 5.24. The molecule has 0 spiro atoms. The van der Waals surface area contributed by atoms with Crippen LogP contribution in [0.15, 0.2) is 0 Å². The molecular formula is C3H7N3O. The minimum atomic E-state index is 0.0162. The number of hydrazine groups is 2. The summed E-state index contributed by atoms with van der Waals surface area (Å²) in [6.07, 6.45) is 0. The molecule has 0 aromatic carbocycles. The SMILES string of the molecule is CN1NCC(=O)N1. The number of hydrogen-bond donors (Lipinski definition) is 2. The summed E-state index contributed by atoms with van der Waals surface area (Å²) in [6.45, 7) is 0.399. The summed E-state index contributed by atoms with van der Waals surface area (Å²) in [7, 11) is 1.74. The molecule has 4 heteroatoms. The van der Waals surface area contributed by atoms with Crippen molar-refractivity contribution in [1.29, 1.82) is 0 Å². The highest BCUT2D eigenvalue weighted by molar-refractivity contribution is 5.78. The van der Waals surface area contributed by atoms with Crippen LogP contribution in [0, 0.1) is 0 Å². The average Bonchev–Trinajstić information content (AvgIpc) is 1.87. The Hall–Kier alpha value is -0.610. The highest BCUT2D eigenvalue weighted by Gasteiger charge is 2.11. The molecule has 1 amide bonds. The lowest BCUT2D eigenvalue weighted by atomic mass is 10.7. The van der Waals surface area contributed by atoms with E-state index in [0.29, 0.717) is 6.54 Å². The van der Waals surface area contributed by atoms with Crippen LogP contribution in [-0.4, -0.2) is 24.6 Å². The lowest BCUT2D eigenvalue weighted by molar-refractivity contribution is -0.119. The Morgan fingerprint density at radius 3 is 2.71 bits per heavy atom. The van der Waals surface area contributed by atoms with Crippen molar-refractivity contribution in [2.75, 3.05) is 13.6 Å². The normalized spacial score (nSPS) is 22.7. The Morgan fingerprint density at radius 2 is 2.57 bits per heavy atom. The molecule has 1 rings (SSSR count). The van der Waals surface area contributed by atoms with Gasteiger partial charge in [-0.3, -0.25) is 10.2 Å². The molecule has 1 aliphatic rings. The minimum absolute atomic E-state index is 0.0162. The standard InChI is InChI=1S/C3H7N3O/c1-6-4-2-3(7)5-6/h4H,2H2,1H3,(H,5,7). The van der Waals surface area contributed by atoms with E-state index in [9.17, 15) is 4.79 Å². The molecule has 0 unspecified atom stereocenters. The molecule has 0 saturated carbocycles. The van der Waals surface area contributed by atoms with Gasteiger partial charge in [0.2, 0.25) is 0 Å². The van der Waals surface area contributed by atoms with Crippen LogP contribution in [0.4, 0.5) is 0 Å². The molecule has 0 aromatic heterocycles. The van der Waals surface area contributed by atoms with Crippen LogP contribution in [-0.2, 0) is 4.79 Å². The first kappa shape index (κ1) is 4.55. The van der Waals surface area contributed by atoms with Crippen molar-refractivity contribution in [3.63, 3.8) is 0 Å². The first-order valence-electron chi connectivity index (χ1n) is 2.06. The molecular weight excluding hydrogens is 94.1 g/mol. The maximum atomic E-state index is 10.2. The summed E-state index contributed by atoms with van der Waals surface area (Å²) < 4.78 is 0. The first-order chi connectivity index (χ1) is 3.29. The fourth-order valence-electron chi connectivity index (χ4n) is 0.456. The molecule has 40 valence electrons. The molecule has 1 fully saturated rings. The number of nitrogens with zero attached hydrogens (tertiary/aromatic N) is 1. The zero-order chi connectivity index (χ0) is 5.28. The fraction of sp³-hybridized carbons (Fsp3) is 0.667. The van der Waals surface area contributed by atoms with Crippen LogP contribution in [0.3, 0.4) is 0 Å². The summed E-state index contributed by atoms with van der Waals surface area (Å²) in [4.78, 5) is 10.2. The van der Waals surface area contributed by atoms with Crippen LogP contribution in [0.25, 0.3) is 0 Å². The lowest BCUT2D eigenvalue weighted by Crippen LogP contribution is -2.34. The van der Waals surface area contributed by atoms with E-state index in [0.717, 1.165) is 0 Å². The van der Waals surface area contributed by atoms with Crippen molar-refractivity contribution < 1.29 is 4.79 Å². The second-order valence-electron chi connectivity index (χ2n) is 1.43. The second kappa shape index (κ2) is 1.48. The zero-order valence-corrected chi connectivity index (χ0v) is 4.06. The molecule has 0 bridgehead atoms. The maximum Gasteiger partial charge on any atom is 0.250 e. The van der Waals surface area contributed by atoms with Gasteiger partial charge < -0.3 is 0 Å². The van der Waals surface area contributed by atoms with Gasteiger partial charge in [-0.05, 0) is 0 Å². The number of amides is 1. The van der Waals surface area contributed by atoms with E-state index in [2.05, 4.69) is 10.9 Å². The minimum Gasteiger partial charge on any atom is -0.274 e. The van der Waals surface area contributed by atoms with Gasteiger partial charge >= 0.3 is 0 Å². The highest BCUT2D eigenvalue weighted by atomic mass is 16.2. The Labute approximate surface area is 41.4 Å². The van der Waals surface area contributed by atoms with Gasteiger partial charge in [0.05, 0.1) is 6.54 Å². The van der Waals surface area contributed by atoms with E-state index in [1.54, 1.807) is 7.05 Å². The molecule has 1 aliphatic heterocycles. The van der Waals surface area contributed by atoms with E-state index in [4.69, 9.17) is 0 Å². The topological polar surface area (TPSA) is 44.4 Å². The van der Waals surface area contributed by atoms with Gasteiger partial charge in [-0.1, -0.05) is 0 Å². The van der Waals surface area contributed by atoms with E-state index < -0.39 is 0 Å². The summed E-state index contributed by atoms with van der Waals surface area (Å²) in [6, 6.07) is 0. The Balaban J connectivity index is 2.40. The molecule has 0 radical (unpaired) electrons. The fourth-order valence-corrected chi connectivity index (χ4v) is 0.456. The molecule has 0 aromatic rings. The molecule has 2 N–H and O–H groups in total. The summed E-state index contributed by atoms with van der Waals surface area (Å²) in [5.74, 6) is 0.0162. The van der Waals surface area contributed by atoms with Gasteiger partial charge in [-0.2, -0.15) is 5.12 Å². The van der Waals surface area contributed by atoms with Crippen LogP contribution < -0.4 is 10.9 Å². The highest BCUT2D eigenvalue weighted by Crippen LogP contribution is 1.75. The van der Waals surface area contributed by atoms with Gasteiger partial charge in [0.1, 0.15) is 0 Å². The van der Waals surface area contributed by atoms with Crippen molar-refractivity contribution in [1.82, 2.24) is 16.0 Å². The molecule has 4 nitrogen and oxygen atoms in total. The van der Waals surface area contributed by atoms with E-state index in [1.165, 1.54) is 5.12 Å². The van der Waals surface area contributed by atoms with Crippen molar-refractivity contribution in [2.45, 2.75) is 0 Å². The smallest absolute Gasteiger partial charge is 0.250 e. The van der Waals surface area contributed by atoms with Gasteiger partial charge in [0.15, 0.2) is 0 Å². The Kier molecular flexibility index (Phi) is 0.958. The number of hydrogen-bond acceptors (Lipinski definition) is 3. The van der Waals surface area contributed by atoms with Crippen LogP contribution in [0.1, 0.15) is 0 Å². The van der Waals surface area contributed by atoms with Gasteiger partial charge in [-0.15, -0.1) is 0 Å². The monoisotopic (exact) mass is 101 g/mol. The lowest BCUT2D eigenvalue weighted by Gasteiger charge is -2.03. The van der Waals surface area contributed by atoms with Crippen molar-refractivity contribution >= 4 is 5.91 Å². The maximum absolute atomic E-state index is 10.2. The Bertz CT molecular complexity index is 92.2. The second-order valence-corrected chi connectivity index (χ2v) is 1.43. The predicted molar refractivity (Wildman–Crippen MR) is 23.9 cm³/mol. The summed E-state index contributed by atoms with van der Waals surface area (Å²) in [5, 5.41) is 1.53. The zero-order valence-electron chi connectivity index (χ0n) is 4.06. The third kappa shape index (κ3) is 0.880. The largest absolute Gasteiger partial charge is 0.274 e. The number of nitrogens with one attached hydrogen (secondary N) is 2. The number of rotatable bonds is 0. The van der Waals surface area contributed by atoms with Crippen molar-refractivity contribution in [3.05, 3.63) is 0 Å². The van der Waals surface area contributed by atoms with E-state index >= 15 is 0 Å². The molecule has 1 saturated heterocycles. The number of carbonyl (C=O) groups excluding carboxylic acids is 1. The molecule has 7 heavy (non-hydrogen) atoms. The number of carbonyl (C=O) groups is 1. The summed E-state index contributed by atoms with van der Waals surface area (Å²) >= 11 is 0. The van der Waals surface area contributed by atoms with Gasteiger partial charge in [0, 0.05) is 7.05 Å². The van der Waals surface area contributed by atoms with Crippen molar-refractivity contribution in [3.8, 4) is 0 Å². The van der Waals surface area contributed by atoms with Crippen LogP contribution >= 0.6 is 0 Å². The third-order valence-electron chi connectivity index (χ3n) is 0.769. The average molecular weight is 101 g/mol. The quantitative estimate of drug-likeness (QED) is 0.389.